The lowest BCUT2D eigenvalue weighted by Crippen LogP contribution is -1.78. The molecule has 0 N–H and O–H groups in total. The fourth-order valence-electron chi connectivity index (χ4n) is 0.722. The first-order valence-electron chi connectivity index (χ1n) is 3.00. The van der Waals surface area contributed by atoms with Crippen LogP contribution in [0.5, 0.6) is 0 Å². The highest BCUT2D eigenvalue weighted by Gasteiger charge is 1.95. The van der Waals surface area contributed by atoms with Gasteiger partial charge in [-0.05, 0) is 18.2 Å². The Morgan fingerprint density at radius 3 is 2.36 bits per heavy atom. The molecular weight excluding hydrogens is 156 g/mol. The van der Waals surface area contributed by atoms with E-state index in [1.807, 2.05) is 0 Å². The molecule has 0 saturated carbocycles. The summed E-state index contributed by atoms with van der Waals surface area (Å²) >= 11 is 5.77. The standard InChI is InChI=1S/C10H5Cl/c1-3-8-5-6-9(4-2)10(11)7-8/h1-2,5-7H. The first-order chi connectivity index (χ1) is 5.27. The van der Waals surface area contributed by atoms with Crippen LogP contribution in [0.15, 0.2) is 18.2 Å². The third kappa shape index (κ3) is 1.55. The third-order valence-corrected chi connectivity index (χ3v) is 1.60. The minimum atomic E-state index is 0.531. The van der Waals surface area contributed by atoms with Crippen LogP contribution in [0.2, 0.25) is 5.02 Å². The molecule has 1 aromatic rings. The van der Waals surface area contributed by atoms with E-state index in [0.717, 1.165) is 5.56 Å². The highest BCUT2D eigenvalue weighted by atomic mass is 35.5. The molecular formula is C10H5Cl. The Labute approximate surface area is 71.2 Å². The maximum absolute atomic E-state index is 5.77. The Hall–Kier alpha value is -1.37. The van der Waals surface area contributed by atoms with Crippen molar-refractivity contribution in [1.82, 2.24) is 0 Å². The van der Waals surface area contributed by atoms with Crippen molar-refractivity contribution in [2.75, 3.05) is 0 Å². The van der Waals surface area contributed by atoms with Crippen molar-refractivity contribution in [3.63, 3.8) is 0 Å². The summed E-state index contributed by atoms with van der Waals surface area (Å²) < 4.78 is 0. The minimum absolute atomic E-state index is 0.531. The second-order valence-electron chi connectivity index (χ2n) is 1.98. The summed E-state index contributed by atoms with van der Waals surface area (Å²) in [4.78, 5) is 0. The van der Waals surface area contributed by atoms with Crippen LogP contribution in [0.3, 0.4) is 0 Å². The molecule has 1 aromatic carbocycles. The molecule has 0 unspecified atom stereocenters. The van der Waals surface area contributed by atoms with Gasteiger partial charge in [-0.3, -0.25) is 0 Å². The molecule has 0 nitrogen and oxygen atoms in total. The quantitative estimate of drug-likeness (QED) is 0.511. The molecule has 0 amide bonds. The second-order valence-corrected chi connectivity index (χ2v) is 2.39. The normalized spacial score (nSPS) is 8.27. The summed E-state index contributed by atoms with van der Waals surface area (Å²) in [7, 11) is 0. The zero-order valence-corrected chi connectivity index (χ0v) is 6.52. The Kier molecular flexibility index (Phi) is 2.21. The molecule has 0 aromatic heterocycles. The van der Waals surface area contributed by atoms with Crippen molar-refractivity contribution in [3.8, 4) is 24.7 Å². The van der Waals surface area contributed by atoms with Gasteiger partial charge in [0, 0.05) is 11.1 Å². The number of rotatable bonds is 0. The van der Waals surface area contributed by atoms with Crippen LogP contribution < -0.4 is 0 Å². The van der Waals surface area contributed by atoms with Crippen molar-refractivity contribution in [3.05, 3.63) is 34.3 Å². The Morgan fingerprint density at radius 1 is 1.18 bits per heavy atom. The number of terminal acetylenes is 2. The maximum atomic E-state index is 5.77. The van der Waals surface area contributed by atoms with Gasteiger partial charge in [0.1, 0.15) is 0 Å². The second kappa shape index (κ2) is 3.15. The monoisotopic (exact) mass is 160 g/mol. The molecule has 52 valence electrons. The number of halogens is 1. The van der Waals surface area contributed by atoms with E-state index in [2.05, 4.69) is 11.8 Å². The minimum Gasteiger partial charge on any atom is -0.115 e. The van der Waals surface area contributed by atoms with Crippen molar-refractivity contribution in [1.29, 1.82) is 0 Å². The van der Waals surface area contributed by atoms with E-state index in [4.69, 9.17) is 24.4 Å². The van der Waals surface area contributed by atoms with Gasteiger partial charge in [-0.25, -0.2) is 0 Å². The fourth-order valence-corrected chi connectivity index (χ4v) is 0.957. The largest absolute Gasteiger partial charge is 0.115 e. The molecule has 1 rings (SSSR count). The average Bonchev–Trinajstić information content (AvgIpc) is 2.04. The van der Waals surface area contributed by atoms with Crippen molar-refractivity contribution in [2.24, 2.45) is 0 Å². The maximum Gasteiger partial charge on any atom is 0.0574 e. The molecule has 0 radical (unpaired) electrons. The lowest BCUT2D eigenvalue weighted by atomic mass is 10.1. The molecule has 0 fully saturated rings. The van der Waals surface area contributed by atoms with Crippen molar-refractivity contribution >= 4 is 11.6 Å². The SMILES string of the molecule is C#Cc1ccc(C#C)c(Cl)c1. The smallest absolute Gasteiger partial charge is 0.0574 e. The lowest BCUT2D eigenvalue weighted by molar-refractivity contribution is 1.60. The summed E-state index contributed by atoms with van der Waals surface area (Å²) in [5.41, 5.74) is 1.42. The van der Waals surface area contributed by atoms with E-state index in [1.165, 1.54) is 0 Å². The Balaban J connectivity index is 3.25. The van der Waals surface area contributed by atoms with Gasteiger partial charge in [-0.15, -0.1) is 12.8 Å². The van der Waals surface area contributed by atoms with E-state index in [1.54, 1.807) is 18.2 Å². The first-order valence-corrected chi connectivity index (χ1v) is 3.38. The van der Waals surface area contributed by atoms with Gasteiger partial charge in [0.15, 0.2) is 0 Å². The van der Waals surface area contributed by atoms with Crippen LogP contribution in [0.1, 0.15) is 11.1 Å². The van der Waals surface area contributed by atoms with Gasteiger partial charge >= 0.3 is 0 Å². The van der Waals surface area contributed by atoms with E-state index in [0.29, 0.717) is 10.6 Å². The van der Waals surface area contributed by atoms with Gasteiger partial charge < -0.3 is 0 Å². The lowest BCUT2D eigenvalue weighted by Gasteiger charge is -1.95. The third-order valence-electron chi connectivity index (χ3n) is 1.29. The highest BCUT2D eigenvalue weighted by molar-refractivity contribution is 6.31. The van der Waals surface area contributed by atoms with Crippen molar-refractivity contribution in [2.45, 2.75) is 0 Å². The predicted molar refractivity (Wildman–Crippen MR) is 47.3 cm³/mol. The first kappa shape index (κ1) is 7.73. The molecule has 11 heavy (non-hydrogen) atoms. The summed E-state index contributed by atoms with van der Waals surface area (Å²) in [6, 6.07) is 5.18. The van der Waals surface area contributed by atoms with Gasteiger partial charge in [-0.1, -0.05) is 23.4 Å². The molecule has 0 bridgehead atoms. The van der Waals surface area contributed by atoms with Gasteiger partial charge in [0.2, 0.25) is 0 Å². The highest BCUT2D eigenvalue weighted by Crippen LogP contribution is 2.15. The van der Waals surface area contributed by atoms with Crippen LogP contribution >= 0.6 is 11.6 Å². The van der Waals surface area contributed by atoms with Crippen LogP contribution in [0.25, 0.3) is 0 Å². The molecule has 0 saturated heterocycles. The van der Waals surface area contributed by atoms with Gasteiger partial charge in [0.05, 0.1) is 5.02 Å². The zero-order valence-electron chi connectivity index (χ0n) is 5.76. The van der Waals surface area contributed by atoms with Crippen LogP contribution in [-0.4, -0.2) is 0 Å². The molecule has 0 aliphatic heterocycles. The summed E-state index contributed by atoms with van der Waals surface area (Å²) in [5.74, 6) is 4.91. The summed E-state index contributed by atoms with van der Waals surface area (Å²) in [5, 5.41) is 0.531. The molecule has 0 spiro atoms. The number of hydrogen-bond acceptors (Lipinski definition) is 0. The number of hydrogen-bond donors (Lipinski definition) is 0. The molecule has 1 heteroatoms. The van der Waals surface area contributed by atoms with Crippen LogP contribution in [0.4, 0.5) is 0 Å². The van der Waals surface area contributed by atoms with Gasteiger partial charge in [-0.2, -0.15) is 0 Å². The predicted octanol–water partition coefficient (Wildman–Crippen LogP) is 2.30. The topological polar surface area (TPSA) is 0 Å². The molecule has 0 heterocycles. The van der Waals surface area contributed by atoms with Crippen LogP contribution in [-0.2, 0) is 0 Å². The van der Waals surface area contributed by atoms with Crippen molar-refractivity contribution < 1.29 is 0 Å². The molecule has 0 atom stereocenters. The van der Waals surface area contributed by atoms with E-state index >= 15 is 0 Å². The molecule has 0 aliphatic carbocycles. The summed E-state index contributed by atoms with van der Waals surface area (Å²) in [6.45, 7) is 0. The zero-order chi connectivity index (χ0) is 8.27. The van der Waals surface area contributed by atoms with E-state index < -0.39 is 0 Å². The number of benzene rings is 1. The van der Waals surface area contributed by atoms with Crippen LogP contribution in [0, 0.1) is 24.7 Å². The van der Waals surface area contributed by atoms with E-state index in [9.17, 15) is 0 Å². The average molecular weight is 161 g/mol. The fraction of sp³-hybridized carbons (Fsp3) is 0. The Morgan fingerprint density at radius 2 is 1.91 bits per heavy atom. The van der Waals surface area contributed by atoms with E-state index in [-0.39, 0.29) is 0 Å². The Bertz CT molecular complexity index is 350. The summed E-state index contributed by atoms with van der Waals surface area (Å²) in [6.07, 6.45) is 10.3. The van der Waals surface area contributed by atoms with Gasteiger partial charge in [0.25, 0.3) is 0 Å². The molecule has 0 aliphatic rings.